The minimum atomic E-state index is -3.18. The van der Waals surface area contributed by atoms with Crippen LogP contribution in [0.5, 0.6) is 11.5 Å². The van der Waals surface area contributed by atoms with Gasteiger partial charge < -0.3 is 14.8 Å². The standard InChI is InChI=1S/C33H32N4O5S/c1-21-30-26(33(38)35-31(22-10-6-4-7-11-22)23-12-8-5-9-13-23)19-27(24-14-15-28(41-2)29(18-24)42-3)34-32(30)37(36-21)25-16-17-43(39,40)20-25/h4-15,18-19,25,31H,16-17,20H2,1-3H3,(H,35,38). The number of rotatable bonds is 8. The summed E-state index contributed by atoms with van der Waals surface area (Å²) < 4.78 is 37.4. The lowest BCUT2D eigenvalue weighted by Crippen LogP contribution is -2.29. The zero-order valence-corrected chi connectivity index (χ0v) is 25.0. The molecule has 5 aromatic rings. The van der Waals surface area contributed by atoms with Gasteiger partial charge in [0.25, 0.3) is 5.91 Å². The van der Waals surface area contributed by atoms with Gasteiger partial charge in [-0.3, -0.25) is 4.79 Å². The zero-order chi connectivity index (χ0) is 30.1. The summed E-state index contributed by atoms with van der Waals surface area (Å²) in [7, 11) is -0.0584. The maximum absolute atomic E-state index is 14.3. The summed E-state index contributed by atoms with van der Waals surface area (Å²) in [5, 5.41) is 8.58. The third kappa shape index (κ3) is 5.58. The fourth-order valence-electron chi connectivity index (χ4n) is 5.72. The molecule has 0 spiro atoms. The number of sulfone groups is 1. The smallest absolute Gasteiger partial charge is 0.252 e. The predicted molar refractivity (Wildman–Crippen MR) is 165 cm³/mol. The maximum Gasteiger partial charge on any atom is 0.252 e. The number of carbonyl (C=O) groups excluding carboxylic acids is 1. The molecule has 2 aromatic heterocycles. The first-order valence-corrected chi connectivity index (χ1v) is 15.8. The molecular weight excluding hydrogens is 564 g/mol. The van der Waals surface area contributed by atoms with Crippen LogP contribution >= 0.6 is 0 Å². The van der Waals surface area contributed by atoms with E-state index in [1.807, 2.05) is 73.7 Å². The Morgan fingerprint density at radius 1 is 0.930 bits per heavy atom. The molecule has 1 unspecified atom stereocenters. The molecule has 1 saturated heterocycles. The number of hydrogen-bond acceptors (Lipinski definition) is 7. The lowest BCUT2D eigenvalue weighted by atomic mass is 9.97. The molecular formula is C33H32N4O5S. The summed E-state index contributed by atoms with van der Waals surface area (Å²) in [4.78, 5) is 19.2. The highest BCUT2D eigenvalue weighted by Crippen LogP contribution is 2.36. The number of fused-ring (bicyclic) bond motifs is 1. The van der Waals surface area contributed by atoms with E-state index in [1.165, 1.54) is 0 Å². The molecule has 0 saturated carbocycles. The Labute approximate surface area is 250 Å². The number of nitrogens with zero attached hydrogens (tertiary/aromatic N) is 3. The molecule has 3 aromatic carbocycles. The van der Waals surface area contributed by atoms with Crippen molar-refractivity contribution in [3.8, 4) is 22.8 Å². The molecule has 220 valence electrons. The largest absolute Gasteiger partial charge is 0.493 e. The molecule has 6 rings (SSSR count). The number of aromatic nitrogens is 3. The second-order valence-electron chi connectivity index (χ2n) is 10.6. The van der Waals surface area contributed by atoms with E-state index in [0.717, 1.165) is 11.1 Å². The van der Waals surface area contributed by atoms with E-state index in [4.69, 9.17) is 19.6 Å². The molecule has 0 bridgehead atoms. The highest BCUT2D eigenvalue weighted by Gasteiger charge is 2.33. The van der Waals surface area contributed by atoms with Gasteiger partial charge >= 0.3 is 0 Å². The summed E-state index contributed by atoms with van der Waals surface area (Å²) in [6, 6.07) is 26.0. The molecule has 3 heterocycles. The molecule has 0 aliphatic carbocycles. The first kappa shape index (κ1) is 28.4. The van der Waals surface area contributed by atoms with E-state index in [-0.39, 0.29) is 23.5 Å². The van der Waals surface area contributed by atoms with E-state index in [2.05, 4.69) is 5.32 Å². The van der Waals surface area contributed by atoms with Crippen molar-refractivity contribution in [3.05, 3.63) is 107 Å². The van der Waals surface area contributed by atoms with Gasteiger partial charge in [0.15, 0.2) is 27.0 Å². The number of aryl methyl sites for hydroxylation is 1. The van der Waals surface area contributed by atoms with Crippen molar-refractivity contribution in [2.24, 2.45) is 0 Å². The van der Waals surface area contributed by atoms with Gasteiger partial charge in [-0.05, 0) is 48.7 Å². The number of pyridine rings is 1. The Kier molecular flexibility index (Phi) is 7.62. The van der Waals surface area contributed by atoms with Crippen molar-refractivity contribution in [2.75, 3.05) is 25.7 Å². The average molecular weight is 597 g/mol. The molecule has 1 amide bonds. The fraction of sp³-hybridized carbons (Fsp3) is 0.242. The summed E-state index contributed by atoms with van der Waals surface area (Å²) in [5.74, 6) is 0.866. The van der Waals surface area contributed by atoms with Crippen molar-refractivity contribution in [1.29, 1.82) is 0 Å². The van der Waals surface area contributed by atoms with Crippen molar-refractivity contribution in [2.45, 2.75) is 25.4 Å². The minimum absolute atomic E-state index is 0.0168. The number of nitrogens with one attached hydrogen (secondary N) is 1. The van der Waals surface area contributed by atoms with Crippen LogP contribution in [0.2, 0.25) is 0 Å². The number of ether oxygens (including phenoxy) is 2. The van der Waals surface area contributed by atoms with Crippen LogP contribution in [0.3, 0.4) is 0 Å². The number of benzene rings is 3. The topological polar surface area (TPSA) is 112 Å². The second kappa shape index (κ2) is 11.5. The highest BCUT2D eigenvalue weighted by atomic mass is 32.2. The van der Waals surface area contributed by atoms with Crippen LogP contribution < -0.4 is 14.8 Å². The summed E-state index contributed by atoms with van der Waals surface area (Å²) >= 11 is 0. The predicted octanol–water partition coefficient (Wildman–Crippen LogP) is 5.30. The van der Waals surface area contributed by atoms with Gasteiger partial charge in [-0.15, -0.1) is 0 Å². The highest BCUT2D eigenvalue weighted by molar-refractivity contribution is 7.91. The van der Waals surface area contributed by atoms with Crippen LogP contribution in [0.4, 0.5) is 0 Å². The molecule has 43 heavy (non-hydrogen) atoms. The number of methoxy groups -OCH3 is 2. The Balaban J connectivity index is 1.51. The van der Waals surface area contributed by atoms with Crippen LogP contribution in [-0.4, -0.2) is 54.8 Å². The number of amides is 1. The SMILES string of the molecule is COc1ccc(-c2cc(C(=O)NC(c3ccccc3)c3ccccc3)c3c(C)nn(C4CCS(=O)(=O)C4)c3n2)cc1OC. The zero-order valence-electron chi connectivity index (χ0n) is 24.2. The molecule has 1 N–H and O–H groups in total. The molecule has 1 aliphatic rings. The summed E-state index contributed by atoms with van der Waals surface area (Å²) in [5.41, 5.74) is 4.58. The van der Waals surface area contributed by atoms with Crippen molar-refractivity contribution >= 4 is 26.8 Å². The van der Waals surface area contributed by atoms with E-state index >= 15 is 0 Å². The Bertz CT molecular complexity index is 1870. The molecule has 1 fully saturated rings. The van der Waals surface area contributed by atoms with Gasteiger partial charge in [-0.1, -0.05) is 60.7 Å². The van der Waals surface area contributed by atoms with Crippen LogP contribution in [-0.2, 0) is 9.84 Å². The van der Waals surface area contributed by atoms with Crippen molar-refractivity contribution < 1.29 is 22.7 Å². The molecule has 0 radical (unpaired) electrons. The third-order valence-corrected chi connectivity index (χ3v) is 9.61. The maximum atomic E-state index is 14.3. The van der Waals surface area contributed by atoms with Crippen LogP contribution in [0.15, 0.2) is 84.9 Å². The second-order valence-corrected chi connectivity index (χ2v) is 12.9. The molecule has 9 nitrogen and oxygen atoms in total. The third-order valence-electron chi connectivity index (χ3n) is 7.86. The van der Waals surface area contributed by atoms with Gasteiger partial charge in [-0.25, -0.2) is 18.1 Å². The monoisotopic (exact) mass is 596 g/mol. The van der Waals surface area contributed by atoms with Gasteiger partial charge in [0.1, 0.15) is 0 Å². The first-order chi connectivity index (χ1) is 20.8. The fourth-order valence-corrected chi connectivity index (χ4v) is 7.41. The van der Waals surface area contributed by atoms with E-state index < -0.39 is 15.9 Å². The van der Waals surface area contributed by atoms with E-state index in [1.54, 1.807) is 37.1 Å². The quantitative estimate of drug-likeness (QED) is 0.259. The average Bonchev–Trinajstić information content (AvgIpc) is 3.57. The van der Waals surface area contributed by atoms with Crippen molar-refractivity contribution in [3.63, 3.8) is 0 Å². The van der Waals surface area contributed by atoms with E-state index in [9.17, 15) is 13.2 Å². The molecule has 10 heteroatoms. The first-order valence-electron chi connectivity index (χ1n) is 14.0. The molecule has 1 aliphatic heterocycles. The van der Waals surface area contributed by atoms with Crippen molar-refractivity contribution in [1.82, 2.24) is 20.1 Å². The summed E-state index contributed by atoms with van der Waals surface area (Å²) in [6.07, 6.45) is 0.437. The van der Waals surface area contributed by atoms with Gasteiger partial charge in [-0.2, -0.15) is 5.10 Å². The lowest BCUT2D eigenvalue weighted by molar-refractivity contribution is 0.0944. The Morgan fingerprint density at radius 2 is 1.58 bits per heavy atom. The lowest BCUT2D eigenvalue weighted by Gasteiger charge is -2.21. The number of carbonyl (C=O) groups is 1. The van der Waals surface area contributed by atoms with Crippen LogP contribution in [0.1, 0.15) is 45.7 Å². The van der Waals surface area contributed by atoms with Crippen LogP contribution in [0.25, 0.3) is 22.3 Å². The minimum Gasteiger partial charge on any atom is -0.493 e. The Morgan fingerprint density at radius 3 is 2.16 bits per heavy atom. The Hall–Kier alpha value is -4.70. The molecule has 1 atom stereocenters. The van der Waals surface area contributed by atoms with Crippen LogP contribution in [0, 0.1) is 6.92 Å². The van der Waals surface area contributed by atoms with Gasteiger partial charge in [0.05, 0.1) is 60.1 Å². The number of hydrogen-bond donors (Lipinski definition) is 1. The van der Waals surface area contributed by atoms with Gasteiger partial charge in [0, 0.05) is 5.56 Å². The van der Waals surface area contributed by atoms with E-state index in [0.29, 0.717) is 51.5 Å². The van der Waals surface area contributed by atoms with Gasteiger partial charge in [0.2, 0.25) is 0 Å². The summed E-state index contributed by atoms with van der Waals surface area (Å²) in [6.45, 7) is 1.82. The normalized spacial score (nSPS) is 16.0.